The molecule has 16 heavy (non-hydrogen) atoms. The SMILES string of the molecule is C[Si](C)(C)[15NH]C1=[15N]C=[15N]C(O[Si](C)(C)C)[15NH]1. The molecule has 1 aliphatic heterocycles. The summed E-state index contributed by atoms with van der Waals surface area (Å²) in [6.45, 7) is 13.1. The molecule has 1 heterocycles. The fourth-order valence-electron chi connectivity index (χ4n) is 1.16. The number of nitrogens with one attached hydrogen (secondary N) is 2. The van der Waals surface area contributed by atoms with E-state index in [2.05, 4.69) is 59.6 Å². The molecule has 1 unspecified atom stereocenters. The van der Waals surface area contributed by atoms with Crippen molar-refractivity contribution in [2.24, 2.45) is 9.98 Å². The minimum absolute atomic E-state index is 0.289. The van der Waals surface area contributed by atoms with E-state index in [0.29, 0.717) is 0 Å². The van der Waals surface area contributed by atoms with Crippen LogP contribution in [0.25, 0.3) is 0 Å². The lowest BCUT2D eigenvalue weighted by atomic mass is 11.0. The van der Waals surface area contributed by atoms with Crippen LogP contribution in [0, 0.1) is 0 Å². The second kappa shape index (κ2) is 4.68. The van der Waals surface area contributed by atoms with Crippen molar-refractivity contribution in [3.63, 3.8) is 0 Å². The Hall–Kier alpha value is -0.666. The highest BCUT2D eigenvalue weighted by atomic mass is 28.4. The topological polar surface area (TPSA) is 58.0 Å². The van der Waals surface area contributed by atoms with Gasteiger partial charge in [0.2, 0.25) is 6.35 Å². The van der Waals surface area contributed by atoms with E-state index in [1.165, 1.54) is 0 Å². The number of rotatable bonds is 3. The number of hydrogen-bond donors (Lipinski definition) is 2. The summed E-state index contributed by atoms with van der Waals surface area (Å²) in [6.07, 6.45) is 1.27. The summed E-state index contributed by atoms with van der Waals surface area (Å²) >= 11 is 0. The third-order valence-electron chi connectivity index (χ3n) is 1.61. The molecule has 0 fully saturated rings. The molecule has 0 aromatic heterocycles. The van der Waals surface area contributed by atoms with Crippen LogP contribution in [0.1, 0.15) is 0 Å². The zero-order valence-corrected chi connectivity index (χ0v) is 13.0. The Labute approximate surface area is 99.6 Å². The Bertz CT molecular complexity index is 304. The number of hydrogen-bond acceptors (Lipinski definition) is 5. The van der Waals surface area contributed by atoms with E-state index in [0.717, 1.165) is 5.96 Å². The zero-order valence-electron chi connectivity index (χ0n) is 11.0. The van der Waals surface area contributed by atoms with Crippen LogP contribution in [0.5, 0.6) is 0 Å². The van der Waals surface area contributed by atoms with Crippen molar-refractivity contribution >= 4 is 28.9 Å². The van der Waals surface area contributed by atoms with E-state index in [1.54, 1.807) is 6.34 Å². The number of aliphatic imine (C=N–C) groups is 2. The molecule has 0 aromatic rings. The molecule has 0 saturated heterocycles. The molecule has 0 radical (unpaired) electrons. The smallest absolute Gasteiger partial charge is 0.220 e. The van der Waals surface area contributed by atoms with Crippen LogP contribution in [0.3, 0.4) is 0 Å². The van der Waals surface area contributed by atoms with Gasteiger partial charge in [-0.2, -0.15) is 0 Å². The summed E-state index contributed by atoms with van der Waals surface area (Å²) in [6, 6.07) is 0. The first-order chi connectivity index (χ1) is 7.16. The fourth-order valence-corrected chi connectivity index (χ4v) is 2.80. The van der Waals surface area contributed by atoms with Crippen LogP contribution in [-0.2, 0) is 4.43 Å². The van der Waals surface area contributed by atoms with Crippen molar-refractivity contribution in [2.75, 3.05) is 0 Å². The van der Waals surface area contributed by atoms with Crippen LogP contribution in [0.15, 0.2) is 9.98 Å². The first kappa shape index (κ1) is 13.4. The average Bonchev–Trinajstić information content (AvgIpc) is 1.96. The van der Waals surface area contributed by atoms with Crippen molar-refractivity contribution in [3.8, 4) is 0 Å². The highest BCUT2D eigenvalue weighted by molar-refractivity contribution is 6.75. The standard InChI is InChI=1S/C9H22N4OSi2/c1-15(2,3)13-8-10-7-11-9(12-8)14-16(4,5)6/h7,9H,1-6H3,(H2,10,11,12,13)/i10+1,11+1,12+1,13+1. The number of nitrogens with zero attached hydrogens (tertiary/aromatic N) is 2. The van der Waals surface area contributed by atoms with Crippen molar-refractivity contribution in [1.29, 1.82) is 0 Å². The quantitative estimate of drug-likeness (QED) is 0.599. The lowest BCUT2D eigenvalue weighted by Gasteiger charge is -2.29. The summed E-state index contributed by atoms with van der Waals surface area (Å²) in [4.78, 5) is 11.7. The average molecular weight is 262 g/mol. The molecule has 0 saturated carbocycles. The lowest BCUT2D eigenvalue weighted by Crippen LogP contribution is -2.55. The van der Waals surface area contributed by atoms with Gasteiger partial charge in [0, 0.05) is 0 Å². The van der Waals surface area contributed by atoms with Crippen LogP contribution in [-0.4, -0.2) is 35.2 Å². The number of guanidine groups is 1. The molecular weight excluding hydrogens is 240 g/mol. The maximum Gasteiger partial charge on any atom is 0.220 e. The highest BCUT2D eigenvalue weighted by Crippen LogP contribution is 2.07. The predicted molar refractivity (Wildman–Crippen MR) is 73.8 cm³/mol. The van der Waals surface area contributed by atoms with E-state index in [-0.39, 0.29) is 6.35 Å². The molecule has 0 bridgehead atoms. The van der Waals surface area contributed by atoms with Gasteiger partial charge in [-0.25, -0.2) is 9.98 Å². The minimum Gasteiger partial charge on any atom is -0.382 e. The maximum absolute atomic E-state index is 5.85. The molecule has 92 valence electrons. The molecule has 0 amide bonds. The van der Waals surface area contributed by atoms with E-state index in [9.17, 15) is 0 Å². The zero-order chi connectivity index (χ0) is 12.4. The predicted octanol–water partition coefficient (Wildman–Crippen LogP) is 1.53. The molecule has 5 nitrogen and oxygen atoms in total. The molecule has 0 aromatic carbocycles. The Morgan fingerprint density at radius 2 is 1.88 bits per heavy atom. The lowest BCUT2D eigenvalue weighted by molar-refractivity contribution is 0.187. The van der Waals surface area contributed by atoms with Crippen molar-refractivity contribution in [1.82, 2.24) is 10.3 Å². The van der Waals surface area contributed by atoms with Gasteiger partial charge in [0.15, 0.2) is 14.3 Å². The molecule has 1 atom stereocenters. The van der Waals surface area contributed by atoms with Crippen molar-refractivity contribution in [2.45, 2.75) is 45.6 Å². The summed E-state index contributed by atoms with van der Waals surface area (Å²) in [5.41, 5.74) is 0. The second-order valence-electron chi connectivity index (χ2n) is 5.84. The fraction of sp³-hybridized carbons (Fsp3) is 0.778. The molecule has 7 heteroatoms. The van der Waals surface area contributed by atoms with Crippen LogP contribution >= 0.6 is 0 Å². The van der Waals surface area contributed by atoms with Gasteiger partial charge in [-0.3, -0.25) is 0 Å². The Morgan fingerprint density at radius 1 is 1.25 bits per heavy atom. The van der Waals surface area contributed by atoms with Crippen molar-refractivity contribution in [3.05, 3.63) is 0 Å². The molecule has 0 spiro atoms. The molecule has 2 N–H and O–H groups in total. The van der Waals surface area contributed by atoms with Gasteiger partial charge in [-0.05, 0) is 19.6 Å². The van der Waals surface area contributed by atoms with Gasteiger partial charge in [-0.15, -0.1) is 0 Å². The van der Waals surface area contributed by atoms with E-state index in [1.807, 2.05) is 0 Å². The highest BCUT2D eigenvalue weighted by Gasteiger charge is 2.24. The van der Waals surface area contributed by atoms with Gasteiger partial charge in [0.05, 0.1) is 0 Å². The van der Waals surface area contributed by atoms with E-state index < -0.39 is 16.6 Å². The van der Waals surface area contributed by atoms with Crippen LogP contribution in [0.4, 0.5) is 0 Å². The van der Waals surface area contributed by atoms with Crippen LogP contribution < -0.4 is 10.3 Å². The van der Waals surface area contributed by atoms with Crippen LogP contribution in [0.2, 0.25) is 39.3 Å². The Kier molecular flexibility index (Phi) is 3.92. The summed E-state index contributed by atoms with van der Waals surface area (Å²) < 4.78 is 5.85. The minimum atomic E-state index is -1.58. The maximum atomic E-state index is 5.85. The van der Waals surface area contributed by atoms with Gasteiger partial charge in [0.1, 0.15) is 14.6 Å². The third kappa shape index (κ3) is 5.43. The summed E-state index contributed by atoms with van der Waals surface area (Å²) in [5, 5.41) is 3.15. The van der Waals surface area contributed by atoms with E-state index >= 15 is 0 Å². The first-order valence-electron chi connectivity index (χ1n) is 5.48. The summed E-state index contributed by atoms with van der Waals surface area (Å²) in [7, 11) is -2.96. The summed E-state index contributed by atoms with van der Waals surface area (Å²) in [5.74, 6) is 0.775. The normalized spacial score (nSPS) is 21.4. The Balaban J connectivity index is 2.54. The van der Waals surface area contributed by atoms with E-state index in [4.69, 9.17) is 4.43 Å². The third-order valence-corrected chi connectivity index (χ3v) is 3.52. The first-order valence-corrected chi connectivity index (χ1v) is 12.4. The second-order valence-corrected chi connectivity index (χ2v) is 15.1. The van der Waals surface area contributed by atoms with Crippen molar-refractivity contribution < 1.29 is 4.43 Å². The molecular formula is C9H22N4OSi2. The van der Waals surface area contributed by atoms with Gasteiger partial charge in [-0.1, -0.05) is 19.6 Å². The Morgan fingerprint density at radius 3 is 2.38 bits per heavy atom. The monoisotopic (exact) mass is 262 g/mol. The van der Waals surface area contributed by atoms with Gasteiger partial charge >= 0.3 is 0 Å². The van der Waals surface area contributed by atoms with Gasteiger partial charge in [0.25, 0.3) is 0 Å². The van der Waals surface area contributed by atoms with Gasteiger partial charge < -0.3 is 14.7 Å². The molecule has 1 rings (SSSR count). The molecule has 1 aliphatic rings. The largest absolute Gasteiger partial charge is 0.382 e. The molecule has 0 aliphatic carbocycles.